The largest absolute Gasteiger partial charge is 0.355 e. The fourth-order valence-corrected chi connectivity index (χ4v) is 0.605. The van der Waals surface area contributed by atoms with Crippen molar-refractivity contribution >= 4 is 0 Å². The molecule has 0 aliphatic rings. The van der Waals surface area contributed by atoms with Gasteiger partial charge in [-0.1, -0.05) is 12.2 Å². The van der Waals surface area contributed by atoms with Crippen LogP contribution in [0.25, 0.3) is 0 Å². The van der Waals surface area contributed by atoms with Gasteiger partial charge in [0.1, 0.15) is 0 Å². The van der Waals surface area contributed by atoms with Crippen LogP contribution in [0.5, 0.6) is 0 Å². The third kappa shape index (κ3) is 3.83. The highest BCUT2D eigenvalue weighted by molar-refractivity contribution is 4.95. The molecule has 0 fully saturated rings. The minimum Gasteiger partial charge on any atom is -0.355 e. The van der Waals surface area contributed by atoms with E-state index in [0.717, 1.165) is 6.54 Å². The van der Waals surface area contributed by atoms with Crippen molar-refractivity contribution in [3.05, 3.63) is 24.6 Å². The van der Waals surface area contributed by atoms with Crippen molar-refractivity contribution in [1.82, 2.24) is 4.90 Å². The second kappa shape index (κ2) is 4.19. The Kier molecular flexibility index (Phi) is 3.85. The van der Waals surface area contributed by atoms with Gasteiger partial charge in [0, 0.05) is 12.7 Å². The number of rotatable bonds is 3. The molecule has 0 bridgehead atoms. The van der Waals surface area contributed by atoms with E-state index in [1.807, 2.05) is 6.20 Å². The quantitative estimate of drug-likeness (QED) is 0.559. The normalized spacial score (nSPS) is 8.33. The molecule has 0 unspecified atom stereocenters. The second-order valence-corrected chi connectivity index (χ2v) is 2.22. The summed E-state index contributed by atoms with van der Waals surface area (Å²) in [6, 6.07) is 0. The molecule has 0 atom stereocenters. The standard InChI is InChI=1S/C8H15N/c1-5-9(6-2)7-8(3)4/h5,7H,1,6H2,2-4H3. The van der Waals surface area contributed by atoms with E-state index in [4.69, 9.17) is 0 Å². The minimum absolute atomic E-state index is 0.995. The number of hydrogen-bond acceptors (Lipinski definition) is 1. The molecular formula is C8H15N. The van der Waals surface area contributed by atoms with Crippen LogP contribution >= 0.6 is 0 Å². The lowest BCUT2D eigenvalue weighted by Gasteiger charge is -2.11. The lowest BCUT2D eigenvalue weighted by atomic mass is 10.4. The van der Waals surface area contributed by atoms with Crippen LogP contribution in [0.2, 0.25) is 0 Å². The molecule has 0 saturated heterocycles. The number of nitrogens with zero attached hydrogens (tertiary/aromatic N) is 1. The maximum Gasteiger partial charge on any atom is 0.0190 e. The third-order valence-corrected chi connectivity index (χ3v) is 1.02. The predicted molar refractivity (Wildman–Crippen MR) is 42.0 cm³/mol. The summed E-state index contributed by atoms with van der Waals surface area (Å²) in [5, 5.41) is 0. The lowest BCUT2D eigenvalue weighted by molar-refractivity contribution is 0.534. The van der Waals surface area contributed by atoms with E-state index in [0.29, 0.717) is 0 Å². The van der Waals surface area contributed by atoms with E-state index in [9.17, 15) is 0 Å². The lowest BCUT2D eigenvalue weighted by Crippen LogP contribution is -2.07. The number of hydrogen-bond donors (Lipinski definition) is 0. The molecule has 0 aromatic heterocycles. The first-order valence-electron chi connectivity index (χ1n) is 3.24. The third-order valence-electron chi connectivity index (χ3n) is 1.02. The molecular weight excluding hydrogens is 110 g/mol. The highest BCUT2D eigenvalue weighted by atomic mass is 15.1. The molecule has 0 rings (SSSR count). The van der Waals surface area contributed by atoms with E-state index in [2.05, 4.69) is 38.5 Å². The van der Waals surface area contributed by atoms with Gasteiger partial charge in [-0.05, 0) is 27.0 Å². The van der Waals surface area contributed by atoms with Gasteiger partial charge in [0.15, 0.2) is 0 Å². The SMILES string of the molecule is C=CN(C=C(C)C)CC. The molecule has 0 aliphatic carbocycles. The van der Waals surface area contributed by atoms with Gasteiger partial charge < -0.3 is 4.90 Å². The first-order valence-corrected chi connectivity index (χ1v) is 3.24. The van der Waals surface area contributed by atoms with E-state index < -0.39 is 0 Å². The van der Waals surface area contributed by atoms with Crippen LogP contribution in [0.3, 0.4) is 0 Å². The van der Waals surface area contributed by atoms with Gasteiger partial charge in [-0.25, -0.2) is 0 Å². The second-order valence-electron chi connectivity index (χ2n) is 2.22. The zero-order chi connectivity index (χ0) is 7.28. The summed E-state index contributed by atoms with van der Waals surface area (Å²) >= 11 is 0. The Balaban J connectivity index is 3.82. The molecule has 0 aromatic rings. The highest BCUT2D eigenvalue weighted by Crippen LogP contribution is 1.94. The Hall–Kier alpha value is -0.720. The summed E-state index contributed by atoms with van der Waals surface area (Å²) in [6.07, 6.45) is 3.90. The minimum atomic E-state index is 0.995. The van der Waals surface area contributed by atoms with Crippen LogP contribution in [-0.2, 0) is 0 Å². The first kappa shape index (κ1) is 8.28. The van der Waals surface area contributed by atoms with E-state index in [-0.39, 0.29) is 0 Å². The first-order chi connectivity index (χ1) is 4.20. The Morgan fingerprint density at radius 1 is 1.56 bits per heavy atom. The summed E-state index contributed by atoms with van der Waals surface area (Å²) in [5.74, 6) is 0. The van der Waals surface area contributed by atoms with Crippen molar-refractivity contribution < 1.29 is 0 Å². The molecule has 0 saturated carbocycles. The highest BCUT2D eigenvalue weighted by Gasteiger charge is 1.85. The maximum absolute atomic E-state index is 3.67. The van der Waals surface area contributed by atoms with Crippen LogP contribution in [0, 0.1) is 0 Å². The average molecular weight is 125 g/mol. The zero-order valence-electron chi connectivity index (χ0n) is 6.52. The van der Waals surface area contributed by atoms with Crippen molar-refractivity contribution in [3.8, 4) is 0 Å². The summed E-state index contributed by atoms with van der Waals surface area (Å²) < 4.78 is 0. The van der Waals surface area contributed by atoms with Crippen LogP contribution < -0.4 is 0 Å². The topological polar surface area (TPSA) is 3.24 Å². The summed E-state index contributed by atoms with van der Waals surface area (Å²) in [6.45, 7) is 10.9. The molecule has 1 nitrogen and oxygen atoms in total. The van der Waals surface area contributed by atoms with Crippen molar-refractivity contribution in [3.63, 3.8) is 0 Å². The van der Waals surface area contributed by atoms with Gasteiger partial charge in [0.05, 0.1) is 0 Å². The van der Waals surface area contributed by atoms with Gasteiger partial charge >= 0.3 is 0 Å². The fourth-order valence-electron chi connectivity index (χ4n) is 0.605. The van der Waals surface area contributed by atoms with Crippen LogP contribution in [0.15, 0.2) is 24.6 Å². The van der Waals surface area contributed by atoms with Gasteiger partial charge in [-0.15, -0.1) is 0 Å². The molecule has 0 spiro atoms. The van der Waals surface area contributed by atoms with Crippen LogP contribution in [-0.4, -0.2) is 11.4 Å². The van der Waals surface area contributed by atoms with Crippen molar-refractivity contribution in [2.24, 2.45) is 0 Å². The van der Waals surface area contributed by atoms with E-state index in [1.165, 1.54) is 5.57 Å². The Morgan fingerprint density at radius 2 is 2.11 bits per heavy atom. The molecule has 0 radical (unpaired) electrons. The van der Waals surface area contributed by atoms with Crippen molar-refractivity contribution in [2.45, 2.75) is 20.8 Å². The molecule has 0 aromatic carbocycles. The maximum atomic E-state index is 3.67. The van der Waals surface area contributed by atoms with Gasteiger partial charge in [0.2, 0.25) is 0 Å². The monoisotopic (exact) mass is 125 g/mol. The molecule has 52 valence electrons. The Bertz CT molecular complexity index is 110. The molecule has 0 heterocycles. The molecule has 0 aliphatic heterocycles. The van der Waals surface area contributed by atoms with Crippen LogP contribution in [0.4, 0.5) is 0 Å². The Morgan fingerprint density at radius 3 is 2.22 bits per heavy atom. The predicted octanol–water partition coefficient (Wildman–Crippen LogP) is 2.38. The van der Waals surface area contributed by atoms with E-state index >= 15 is 0 Å². The van der Waals surface area contributed by atoms with Crippen LogP contribution in [0.1, 0.15) is 20.8 Å². The zero-order valence-corrected chi connectivity index (χ0v) is 6.52. The smallest absolute Gasteiger partial charge is 0.0190 e. The van der Waals surface area contributed by atoms with E-state index in [1.54, 1.807) is 0 Å². The Labute approximate surface area is 57.7 Å². The summed E-state index contributed by atoms with van der Waals surface area (Å²) in [5.41, 5.74) is 1.30. The molecule has 9 heavy (non-hydrogen) atoms. The number of allylic oxidation sites excluding steroid dienone is 1. The molecule has 0 N–H and O–H groups in total. The molecule has 1 heteroatoms. The van der Waals surface area contributed by atoms with Crippen molar-refractivity contribution in [2.75, 3.05) is 6.54 Å². The summed E-state index contributed by atoms with van der Waals surface area (Å²) in [4.78, 5) is 2.05. The molecule has 0 amide bonds. The van der Waals surface area contributed by atoms with Gasteiger partial charge in [-0.2, -0.15) is 0 Å². The van der Waals surface area contributed by atoms with Gasteiger partial charge in [-0.3, -0.25) is 0 Å². The average Bonchev–Trinajstić information content (AvgIpc) is 1.82. The fraction of sp³-hybridized carbons (Fsp3) is 0.500. The van der Waals surface area contributed by atoms with Crippen molar-refractivity contribution in [1.29, 1.82) is 0 Å². The summed E-state index contributed by atoms with van der Waals surface area (Å²) in [7, 11) is 0. The van der Waals surface area contributed by atoms with Gasteiger partial charge in [0.25, 0.3) is 0 Å².